The zero-order valence-corrected chi connectivity index (χ0v) is 15.7. The summed E-state index contributed by atoms with van der Waals surface area (Å²) in [5.41, 5.74) is 5.47. The summed E-state index contributed by atoms with van der Waals surface area (Å²) in [6, 6.07) is 0.375. The van der Waals surface area contributed by atoms with Crippen LogP contribution in [0.3, 0.4) is 0 Å². The summed E-state index contributed by atoms with van der Waals surface area (Å²) in [6.45, 7) is 10.4. The van der Waals surface area contributed by atoms with Crippen molar-refractivity contribution in [2.24, 2.45) is 5.73 Å². The zero-order valence-electron chi connectivity index (χ0n) is 15.7. The molecule has 5 nitrogen and oxygen atoms in total. The molecule has 0 unspecified atom stereocenters. The molecule has 0 saturated carbocycles. The minimum Gasteiger partial charge on any atom is -0.444 e. The van der Waals surface area contributed by atoms with Gasteiger partial charge in [-0.05, 0) is 72.5 Å². The fourth-order valence-electron chi connectivity index (χ4n) is 2.81. The molecular weight excluding hydrogens is 302 g/mol. The minimum absolute atomic E-state index is 0.233. The topological polar surface area (TPSA) is 58.8 Å². The van der Waals surface area contributed by atoms with E-state index in [0.29, 0.717) is 19.0 Å². The molecule has 0 bridgehead atoms. The molecule has 1 amide bonds. The quantitative estimate of drug-likeness (QED) is 0.546. The van der Waals surface area contributed by atoms with Crippen LogP contribution in [-0.2, 0) is 4.74 Å². The van der Waals surface area contributed by atoms with Gasteiger partial charge in [0.1, 0.15) is 5.60 Å². The van der Waals surface area contributed by atoms with Crippen molar-refractivity contribution in [3.05, 3.63) is 0 Å². The Hall–Kier alpha value is -1.25. The van der Waals surface area contributed by atoms with Gasteiger partial charge in [0.2, 0.25) is 0 Å². The van der Waals surface area contributed by atoms with E-state index in [1.165, 1.54) is 0 Å². The molecule has 0 radical (unpaired) electrons. The van der Waals surface area contributed by atoms with Gasteiger partial charge in [-0.1, -0.05) is 0 Å². The Morgan fingerprint density at radius 3 is 2.46 bits per heavy atom. The van der Waals surface area contributed by atoms with E-state index in [9.17, 15) is 4.79 Å². The molecular formula is C19H35N3O2. The van der Waals surface area contributed by atoms with Gasteiger partial charge in [-0.2, -0.15) is 0 Å². The standard InChI is InChI=1S/C19H35N3O2/c1-5-6-7-13-22(18(23)24-19(2,3)4)14-9-8-12-21-15-10-17(20)11-16-21/h1,17H,6-16,20H2,2-4H3. The van der Waals surface area contributed by atoms with Crippen molar-refractivity contribution in [2.45, 2.75) is 70.9 Å². The van der Waals surface area contributed by atoms with Crippen molar-refractivity contribution in [1.82, 2.24) is 9.80 Å². The van der Waals surface area contributed by atoms with E-state index in [1.54, 1.807) is 4.90 Å². The predicted octanol–water partition coefficient (Wildman–Crippen LogP) is 2.84. The number of rotatable bonds is 8. The minimum atomic E-state index is -0.464. The second kappa shape index (κ2) is 10.6. The van der Waals surface area contributed by atoms with Gasteiger partial charge >= 0.3 is 6.09 Å². The lowest BCUT2D eigenvalue weighted by Gasteiger charge is -2.30. The third-order valence-electron chi connectivity index (χ3n) is 4.19. The number of ether oxygens (including phenoxy) is 1. The molecule has 0 aliphatic carbocycles. The average Bonchev–Trinajstić information content (AvgIpc) is 2.49. The number of nitrogens with zero attached hydrogens (tertiary/aromatic N) is 2. The highest BCUT2D eigenvalue weighted by molar-refractivity contribution is 5.68. The monoisotopic (exact) mass is 337 g/mol. The van der Waals surface area contributed by atoms with Crippen molar-refractivity contribution < 1.29 is 9.53 Å². The van der Waals surface area contributed by atoms with Crippen LogP contribution in [0.15, 0.2) is 0 Å². The van der Waals surface area contributed by atoms with Gasteiger partial charge in [-0.3, -0.25) is 0 Å². The third-order valence-corrected chi connectivity index (χ3v) is 4.19. The van der Waals surface area contributed by atoms with E-state index in [1.807, 2.05) is 20.8 Å². The van der Waals surface area contributed by atoms with Gasteiger partial charge < -0.3 is 20.3 Å². The van der Waals surface area contributed by atoms with Crippen molar-refractivity contribution in [3.8, 4) is 12.3 Å². The highest BCUT2D eigenvalue weighted by Crippen LogP contribution is 2.12. The molecule has 5 heteroatoms. The molecule has 1 aliphatic rings. The molecule has 0 aromatic carbocycles. The van der Waals surface area contributed by atoms with Crippen LogP contribution >= 0.6 is 0 Å². The summed E-state index contributed by atoms with van der Waals surface area (Å²) in [6.07, 6.45) is 10.8. The van der Waals surface area contributed by atoms with Crippen LogP contribution in [0.1, 0.15) is 59.3 Å². The van der Waals surface area contributed by atoms with Gasteiger partial charge in [0.05, 0.1) is 0 Å². The second-order valence-corrected chi connectivity index (χ2v) is 7.66. The van der Waals surface area contributed by atoms with Crippen LogP contribution in [0.4, 0.5) is 4.79 Å². The summed E-state index contributed by atoms with van der Waals surface area (Å²) >= 11 is 0. The number of piperidine rings is 1. The van der Waals surface area contributed by atoms with Gasteiger partial charge in [0.25, 0.3) is 0 Å². The van der Waals surface area contributed by atoms with Gasteiger partial charge in [-0.25, -0.2) is 4.79 Å². The lowest BCUT2D eigenvalue weighted by molar-refractivity contribution is 0.0244. The number of unbranched alkanes of at least 4 members (excludes halogenated alkanes) is 2. The summed E-state index contributed by atoms with van der Waals surface area (Å²) in [4.78, 5) is 16.6. The van der Waals surface area contributed by atoms with Gasteiger partial charge in [0, 0.05) is 25.6 Å². The normalized spacial score (nSPS) is 16.6. The number of amides is 1. The first-order chi connectivity index (χ1) is 11.3. The van der Waals surface area contributed by atoms with Crippen molar-refractivity contribution >= 4 is 6.09 Å². The summed E-state index contributed by atoms with van der Waals surface area (Å²) < 4.78 is 5.50. The van der Waals surface area contributed by atoms with Crippen LogP contribution in [0.25, 0.3) is 0 Å². The number of likely N-dealkylation sites (tertiary alicyclic amines) is 1. The molecule has 2 N–H and O–H groups in total. The van der Waals surface area contributed by atoms with Gasteiger partial charge in [-0.15, -0.1) is 12.3 Å². The number of nitrogens with two attached hydrogens (primary N) is 1. The fourth-order valence-corrected chi connectivity index (χ4v) is 2.81. The van der Waals surface area contributed by atoms with E-state index in [-0.39, 0.29) is 6.09 Å². The maximum atomic E-state index is 12.3. The number of carbonyl (C=O) groups excluding carboxylic acids is 1. The predicted molar refractivity (Wildman–Crippen MR) is 98.8 cm³/mol. The molecule has 0 spiro atoms. The highest BCUT2D eigenvalue weighted by Gasteiger charge is 2.21. The maximum absolute atomic E-state index is 12.3. The van der Waals surface area contributed by atoms with E-state index < -0.39 is 5.60 Å². The van der Waals surface area contributed by atoms with E-state index in [4.69, 9.17) is 16.9 Å². The summed E-state index contributed by atoms with van der Waals surface area (Å²) in [5.74, 6) is 2.63. The Morgan fingerprint density at radius 1 is 1.25 bits per heavy atom. The van der Waals surface area contributed by atoms with Crippen LogP contribution in [0, 0.1) is 12.3 Å². The number of carbonyl (C=O) groups is 1. The first-order valence-electron chi connectivity index (χ1n) is 9.21. The molecule has 1 rings (SSSR count). The Morgan fingerprint density at radius 2 is 1.88 bits per heavy atom. The smallest absolute Gasteiger partial charge is 0.410 e. The van der Waals surface area contributed by atoms with Crippen LogP contribution in [0.2, 0.25) is 0 Å². The maximum Gasteiger partial charge on any atom is 0.410 e. The Kier molecular flexibility index (Phi) is 9.17. The summed E-state index contributed by atoms with van der Waals surface area (Å²) in [7, 11) is 0. The molecule has 0 atom stereocenters. The highest BCUT2D eigenvalue weighted by atomic mass is 16.6. The van der Waals surface area contributed by atoms with Crippen molar-refractivity contribution in [1.29, 1.82) is 0 Å². The third kappa shape index (κ3) is 9.14. The van der Waals surface area contributed by atoms with Crippen LogP contribution in [-0.4, -0.2) is 60.3 Å². The van der Waals surface area contributed by atoms with E-state index in [0.717, 1.165) is 58.3 Å². The second-order valence-electron chi connectivity index (χ2n) is 7.66. The molecule has 138 valence electrons. The molecule has 1 heterocycles. The van der Waals surface area contributed by atoms with E-state index >= 15 is 0 Å². The Bertz CT molecular complexity index is 404. The van der Waals surface area contributed by atoms with E-state index in [2.05, 4.69) is 10.8 Å². The molecule has 24 heavy (non-hydrogen) atoms. The number of terminal acetylenes is 1. The van der Waals surface area contributed by atoms with Crippen molar-refractivity contribution in [2.75, 3.05) is 32.7 Å². The largest absolute Gasteiger partial charge is 0.444 e. The molecule has 0 aromatic rings. The molecule has 1 fully saturated rings. The Balaban J connectivity index is 2.32. The Labute approximate surface area is 147 Å². The number of hydrogen-bond acceptors (Lipinski definition) is 4. The van der Waals surface area contributed by atoms with Crippen molar-refractivity contribution in [3.63, 3.8) is 0 Å². The number of hydrogen-bond donors (Lipinski definition) is 1. The van der Waals surface area contributed by atoms with Crippen LogP contribution < -0.4 is 5.73 Å². The first-order valence-corrected chi connectivity index (χ1v) is 9.21. The van der Waals surface area contributed by atoms with Crippen LogP contribution in [0.5, 0.6) is 0 Å². The SMILES string of the molecule is C#CCCCN(CCCCN1CCC(N)CC1)C(=O)OC(C)(C)C. The molecule has 1 aliphatic heterocycles. The van der Waals surface area contributed by atoms with Gasteiger partial charge in [0.15, 0.2) is 0 Å². The first kappa shape index (κ1) is 20.8. The average molecular weight is 338 g/mol. The summed E-state index contributed by atoms with van der Waals surface area (Å²) in [5, 5.41) is 0. The zero-order chi connectivity index (χ0) is 18.0. The fraction of sp³-hybridized carbons (Fsp3) is 0.842. The lowest BCUT2D eigenvalue weighted by Crippen LogP contribution is -2.40. The molecule has 1 saturated heterocycles. The lowest BCUT2D eigenvalue weighted by atomic mass is 10.1. The molecule has 0 aromatic heterocycles.